The SMILES string of the molecule is Cc1cc(C)nc(NC(=S)Nc2cc(Cl)cc(Cl)c2)n1. The highest BCUT2D eigenvalue weighted by molar-refractivity contribution is 7.80. The van der Waals surface area contributed by atoms with Gasteiger partial charge in [-0.2, -0.15) is 0 Å². The molecule has 0 fully saturated rings. The molecule has 20 heavy (non-hydrogen) atoms. The number of hydrogen-bond acceptors (Lipinski definition) is 3. The predicted molar refractivity (Wildman–Crippen MR) is 87.8 cm³/mol. The van der Waals surface area contributed by atoms with Gasteiger partial charge in [0.05, 0.1) is 0 Å². The molecule has 0 unspecified atom stereocenters. The van der Waals surface area contributed by atoms with Gasteiger partial charge in [-0.1, -0.05) is 23.2 Å². The second kappa shape index (κ2) is 6.35. The third-order valence-electron chi connectivity index (χ3n) is 2.33. The summed E-state index contributed by atoms with van der Waals surface area (Å²) in [4.78, 5) is 8.50. The molecule has 0 bridgehead atoms. The van der Waals surface area contributed by atoms with E-state index in [0.717, 1.165) is 11.4 Å². The third-order valence-corrected chi connectivity index (χ3v) is 2.97. The molecule has 1 aromatic heterocycles. The normalized spacial score (nSPS) is 10.2. The Hall–Kier alpha value is -1.43. The number of nitrogens with zero attached hydrogens (tertiary/aromatic N) is 2. The highest BCUT2D eigenvalue weighted by Gasteiger charge is 2.04. The number of nitrogens with one attached hydrogen (secondary N) is 2. The lowest BCUT2D eigenvalue weighted by molar-refractivity contribution is 1.07. The van der Waals surface area contributed by atoms with Crippen LogP contribution in [0.5, 0.6) is 0 Å². The fourth-order valence-corrected chi connectivity index (χ4v) is 2.41. The lowest BCUT2D eigenvalue weighted by Gasteiger charge is -2.10. The van der Waals surface area contributed by atoms with Gasteiger partial charge in [-0.3, -0.25) is 0 Å². The molecule has 0 amide bonds. The van der Waals surface area contributed by atoms with Gasteiger partial charge in [0.1, 0.15) is 0 Å². The first-order chi connectivity index (χ1) is 9.42. The molecule has 0 aliphatic rings. The zero-order valence-electron chi connectivity index (χ0n) is 10.9. The van der Waals surface area contributed by atoms with Crippen LogP contribution in [0.25, 0.3) is 0 Å². The zero-order chi connectivity index (χ0) is 14.7. The van der Waals surface area contributed by atoms with Crippen LogP contribution in [0, 0.1) is 13.8 Å². The second-order valence-electron chi connectivity index (χ2n) is 4.21. The molecule has 0 spiro atoms. The Morgan fingerprint density at radius 3 is 2.05 bits per heavy atom. The van der Waals surface area contributed by atoms with E-state index >= 15 is 0 Å². The summed E-state index contributed by atoms with van der Waals surface area (Å²) in [5.41, 5.74) is 2.44. The second-order valence-corrected chi connectivity index (χ2v) is 5.49. The first-order valence-corrected chi connectivity index (χ1v) is 6.95. The van der Waals surface area contributed by atoms with Gasteiger partial charge in [-0.05, 0) is 50.3 Å². The van der Waals surface area contributed by atoms with E-state index in [2.05, 4.69) is 20.6 Å². The van der Waals surface area contributed by atoms with Gasteiger partial charge in [0.2, 0.25) is 5.95 Å². The monoisotopic (exact) mass is 326 g/mol. The number of aromatic nitrogens is 2. The molecular weight excluding hydrogens is 315 g/mol. The minimum absolute atomic E-state index is 0.369. The summed E-state index contributed by atoms with van der Waals surface area (Å²) in [5.74, 6) is 0.452. The van der Waals surface area contributed by atoms with Gasteiger partial charge >= 0.3 is 0 Å². The number of thiocarbonyl (C=S) groups is 1. The maximum absolute atomic E-state index is 5.92. The molecule has 104 valence electrons. The van der Waals surface area contributed by atoms with Crippen LogP contribution in [0.1, 0.15) is 11.4 Å². The van der Waals surface area contributed by atoms with Gasteiger partial charge in [-0.15, -0.1) is 0 Å². The number of anilines is 2. The highest BCUT2D eigenvalue weighted by Crippen LogP contribution is 2.22. The highest BCUT2D eigenvalue weighted by atomic mass is 35.5. The molecule has 0 saturated heterocycles. The van der Waals surface area contributed by atoms with Crippen molar-refractivity contribution in [3.05, 3.63) is 45.7 Å². The van der Waals surface area contributed by atoms with Gasteiger partial charge in [0.25, 0.3) is 0 Å². The summed E-state index contributed by atoms with van der Waals surface area (Å²) in [6.45, 7) is 3.79. The van der Waals surface area contributed by atoms with Crippen molar-refractivity contribution in [1.29, 1.82) is 0 Å². The van der Waals surface area contributed by atoms with Gasteiger partial charge < -0.3 is 10.6 Å². The van der Waals surface area contributed by atoms with E-state index in [1.165, 1.54) is 0 Å². The van der Waals surface area contributed by atoms with Crippen LogP contribution < -0.4 is 10.6 Å². The topological polar surface area (TPSA) is 49.8 Å². The molecule has 0 atom stereocenters. The van der Waals surface area contributed by atoms with E-state index in [1.54, 1.807) is 18.2 Å². The quantitative estimate of drug-likeness (QED) is 0.809. The van der Waals surface area contributed by atoms with Crippen molar-refractivity contribution in [3.8, 4) is 0 Å². The van der Waals surface area contributed by atoms with Crippen molar-refractivity contribution >= 4 is 52.2 Å². The lowest BCUT2D eigenvalue weighted by Crippen LogP contribution is -2.21. The fourth-order valence-electron chi connectivity index (χ4n) is 1.67. The fraction of sp³-hybridized carbons (Fsp3) is 0.154. The van der Waals surface area contributed by atoms with E-state index in [0.29, 0.717) is 26.8 Å². The van der Waals surface area contributed by atoms with E-state index in [-0.39, 0.29) is 0 Å². The number of aryl methyl sites for hydroxylation is 2. The molecule has 1 aromatic carbocycles. The van der Waals surface area contributed by atoms with Crippen molar-refractivity contribution in [2.45, 2.75) is 13.8 Å². The smallest absolute Gasteiger partial charge is 0.229 e. The van der Waals surface area contributed by atoms with Crippen LogP contribution >= 0.6 is 35.4 Å². The Bertz CT molecular complexity index is 565. The lowest BCUT2D eigenvalue weighted by atomic mass is 10.3. The van der Waals surface area contributed by atoms with Crippen molar-refractivity contribution in [1.82, 2.24) is 9.97 Å². The minimum atomic E-state index is 0.369. The molecule has 4 nitrogen and oxygen atoms in total. The maximum atomic E-state index is 5.92. The standard InChI is InChI=1S/C13H12Cl2N4S/c1-7-3-8(2)17-12(16-7)19-13(20)18-11-5-9(14)4-10(15)6-11/h3-6H,1-2H3,(H2,16,17,18,19,20). The summed E-state index contributed by atoms with van der Waals surface area (Å²) >= 11 is 17.0. The Morgan fingerprint density at radius 1 is 0.950 bits per heavy atom. The molecule has 1 heterocycles. The summed E-state index contributed by atoms with van der Waals surface area (Å²) < 4.78 is 0. The number of benzene rings is 1. The number of halogens is 2. The molecule has 7 heteroatoms. The molecule has 0 aliphatic heterocycles. The van der Waals surface area contributed by atoms with Crippen molar-refractivity contribution < 1.29 is 0 Å². The van der Waals surface area contributed by atoms with E-state index in [9.17, 15) is 0 Å². The van der Waals surface area contributed by atoms with Crippen molar-refractivity contribution in [3.63, 3.8) is 0 Å². The average molecular weight is 327 g/mol. The summed E-state index contributed by atoms with van der Waals surface area (Å²) in [6, 6.07) is 6.99. The number of rotatable bonds is 2. The van der Waals surface area contributed by atoms with E-state index in [1.807, 2.05) is 19.9 Å². The molecule has 0 aliphatic carbocycles. The number of hydrogen-bond donors (Lipinski definition) is 2. The predicted octanol–water partition coefficient (Wildman–Crippen LogP) is 4.21. The van der Waals surface area contributed by atoms with E-state index in [4.69, 9.17) is 35.4 Å². The first-order valence-electron chi connectivity index (χ1n) is 5.79. The van der Waals surface area contributed by atoms with Crippen LogP contribution in [0.2, 0.25) is 10.0 Å². The molecule has 2 aromatic rings. The largest absolute Gasteiger partial charge is 0.332 e. The van der Waals surface area contributed by atoms with Gasteiger partial charge in [0, 0.05) is 27.1 Å². The Balaban J connectivity index is 2.08. The molecule has 0 saturated carbocycles. The van der Waals surface area contributed by atoms with E-state index < -0.39 is 0 Å². The maximum Gasteiger partial charge on any atom is 0.229 e. The van der Waals surface area contributed by atoms with Crippen LogP contribution in [0.15, 0.2) is 24.3 Å². The first kappa shape index (κ1) is 15.0. The van der Waals surface area contributed by atoms with Gasteiger partial charge in [-0.25, -0.2) is 9.97 Å². The Kier molecular flexibility index (Phi) is 4.75. The third kappa shape index (κ3) is 4.30. The Morgan fingerprint density at radius 2 is 1.50 bits per heavy atom. The molecule has 2 N–H and O–H groups in total. The summed E-state index contributed by atoms with van der Waals surface area (Å²) in [7, 11) is 0. The van der Waals surface area contributed by atoms with Gasteiger partial charge in [0.15, 0.2) is 5.11 Å². The Labute approximate surface area is 132 Å². The van der Waals surface area contributed by atoms with Crippen molar-refractivity contribution in [2.24, 2.45) is 0 Å². The summed E-state index contributed by atoms with van der Waals surface area (Å²) in [5, 5.41) is 7.34. The molecule has 0 radical (unpaired) electrons. The average Bonchev–Trinajstić information content (AvgIpc) is 2.24. The van der Waals surface area contributed by atoms with Crippen LogP contribution in [-0.2, 0) is 0 Å². The zero-order valence-corrected chi connectivity index (χ0v) is 13.2. The minimum Gasteiger partial charge on any atom is -0.332 e. The van der Waals surface area contributed by atoms with Crippen molar-refractivity contribution in [2.75, 3.05) is 10.6 Å². The van der Waals surface area contributed by atoms with Crippen LogP contribution in [0.3, 0.4) is 0 Å². The van der Waals surface area contributed by atoms with Crippen LogP contribution in [0.4, 0.5) is 11.6 Å². The molecular formula is C13H12Cl2N4S. The van der Waals surface area contributed by atoms with Crippen LogP contribution in [-0.4, -0.2) is 15.1 Å². The summed E-state index contributed by atoms with van der Waals surface area (Å²) in [6.07, 6.45) is 0. The molecule has 2 rings (SSSR count).